The molecule has 1 saturated carbocycles. The zero-order valence-electron chi connectivity index (χ0n) is 7.07. The highest BCUT2D eigenvalue weighted by Crippen LogP contribution is 2.45. The minimum absolute atomic E-state index is 0.285. The molecule has 1 aromatic heterocycles. The van der Waals surface area contributed by atoms with Gasteiger partial charge in [-0.3, -0.25) is 0 Å². The standard InChI is InChI=1S/C9H12N2O/c1-6-10-3-2-9(11-6)8-4-7(8)5-12/h2-3,7-8,12H,4-5H2,1H3. The van der Waals surface area contributed by atoms with E-state index in [4.69, 9.17) is 5.11 Å². The van der Waals surface area contributed by atoms with Gasteiger partial charge >= 0.3 is 0 Å². The van der Waals surface area contributed by atoms with E-state index >= 15 is 0 Å². The van der Waals surface area contributed by atoms with Crippen molar-refractivity contribution in [1.29, 1.82) is 0 Å². The molecule has 1 fully saturated rings. The van der Waals surface area contributed by atoms with Crippen molar-refractivity contribution in [2.45, 2.75) is 19.3 Å². The molecule has 0 spiro atoms. The third-order valence-electron chi connectivity index (χ3n) is 2.33. The van der Waals surface area contributed by atoms with Crippen molar-refractivity contribution in [3.8, 4) is 0 Å². The number of hydrogen-bond acceptors (Lipinski definition) is 3. The Morgan fingerprint density at radius 3 is 3.08 bits per heavy atom. The van der Waals surface area contributed by atoms with Gasteiger partial charge in [-0.15, -0.1) is 0 Å². The van der Waals surface area contributed by atoms with E-state index in [0.717, 1.165) is 17.9 Å². The molecule has 0 aromatic carbocycles. The van der Waals surface area contributed by atoms with Crippen molar-refractivity contribution < 1.29 is 5.11 Å². The average Bonchev–Trinajstić information content (AvgIpc) is 2.83. The fourth-order valence-electron chi connectivity index (χ4n) is 1.49. The predicted octanol–water partition coefficient (Wildman–Crippen LogP) is 0.881. The van der Waals surface area contributed by atoms with E-state index in [9.17, 15) is 0 Å². The summed E-state index contributed by atoms with van der Waals surface area (Å²) in [6.07, 6.45) is 2.86. The molecule has 2 unspecified atom stereocenters. The van der Waals surface area contributed by atoms with Gasteiger partial charge in [0.2, 0.25) is 0 Å². The van der Waals surface area contributed by atoms with Gasteiger partial charge in [-0.05, 0) is 25.3 Å². The molecule has 64 valence electrons. The van der Waals surface area contributed by atoms with Crippen LogP contribution in [0, 0.1) is 12.8 Å². The summed E-state index contributed by atoms with van der Waals surface area (Å²) in [5.41, 5.74) is 1.08. The molecule has 0 saturated heterocycles. The maximum atomic E-state index is 8.86. The molecule has 0 bridgehead atoms. The second-order valence-corrected chi connectivity index (χ2v) is 3.31. The van der Waals surface area contributed by atoms with Gasteiger partial charge in [0.1, 0.15) is 5.82 Å². The van der Waals surface area contributed by atoms with E-state index in [2.05, 4.69) is 9.97 Å². The number of hydrogen-bond donors (Lipinski definition) is 1. The summed E-state index contributed by atoms with van der Waals surface area (Å²) in [5, 5.41) is 8.86. The van der Waals surface area contributed by atoms with Crippen LogP contribution >= 0.6 is 0 Å². The van der Waals surface area contributed by atoms with Gasteiger partial charge in [-0.1, -0.05) is 0 Å². The molecule has 1 N–H and O–H groups in total. The van der Waals surface area contributed by atoms with E-state index in [1.54, 1.807) is 6.20 Å². The summed E-state index contributed by atoms with van der Waals surface area (Å²) in [7, 11) is 0. The molecule has 2 rings (SSSR count). The Morgan fingerprint density at radius 2 is 2.50 bits per heavy atom. The van der Waals surface area contributed by atoms with Gasteiger partial charge in [-0.25, -0.2) is 9.97 Å². The van der Waals surface area contributed by atoms with Crippen LogP contribution in [0.4, 0.5) is 0 Å². The Kier molecular flexibility index (Phi) is 1.81. The molecule has 0 radical (unpaired) electrons. The normalized spacial score (nSPS) is 27.2. The smallest absolute Gasteiger partial charge is 0.125 e. The molecule has 1 aliphatic rings. The largest absolute Gasteiger partial charge is 0.396 e. The van der Waals surface area contributed by atoms with Crippen LogP contribution in [0.5, 0.6) is 0 Å². The molecular formula is C9H12N2O. The van der Waals surface area contributed by atoms with E-state index in [1.165, 1.54) is 0 Å². The monoisotopic (exact) mass is 164 g/mol. The van der Waals surface area contributed by atoms with Crippen LogP contribution < -0.4 is 0 Å². The quantitative estimate of drug-likeness (QED) is 0.705. The fraction of sp³-hybridized carbons (Fsp3) is 0.556. The van der Waals surface area contributed by atoms with Crippen LogP contribution in [0.2, 0.25) is 0 Å². The van der Waals surface area contributed by atoms with Gasteiger partial charge in [0.05, 0.1) is 0 Å². The lowest BCUT2D eigenvalue weighted by Gasteiger charge is -1.97. The lowest BCUT2D eigenvalue weighted by atomic mass is 10.2. The van der Waals surface area contributed by atoms with Crippen LogP contribution in [-0.2, 0) is 0 Å². The summed E-state index contributed by atoms with van der Waals surface area (Å²) in [6, 6.07) is 1.94. The Bertz CT molecular complexity index is 288. The molecule has 1 aliphatic carbocycles. The van der Waals surface area contributed by atoms with Crippen LogP contribution in [0.25, 0.3) is 0 Å². The van der Waals surface area contributed by atoms with Gasteiger partial charge in [0.15, 0.2) is 0 Å². The maximum absolute atomic E-state index is 8.86. The molecular weight excluding hydrogens is 152 g/mol. The fourth-order valence-corrected chi connectivity index (χ4v) is 1.49. The Balaban J connectivity index is 2.14. The second-order valence-electron chi connectivity index (χ2n) is 3.31. The number of aliphatic hydroxyl groups excluding tert-OH is 1. The van der Waals surface area contributed by atoms with Crippen molar-refractivity contribution in [1.82, 2.24) is 9.97 Å². The molecule has 12 heavy (non-hydrogen) atoms. The van der Waals surface area contributed by atoms with Crippen molar-refractivity contribution >= 4 is 0 Å². The minimum Gasteiger partial charge on any atom is -0.396 e. The molecule has 1 aromatic rings. The predicted molar refractivity (Wildman–Crippen MR) is 44.7 cm³/mol. The van der Waals surface area contributed by atoms with E-state index in [0.29, 0.717) is 11.8 Å². The summed E-state index contributed by atoms with van der Waals surface area (Å²) < 4.78 is 0. The molecule has 3 nitrogen and oxygen atoms in total. The van der Waals surface area contributed by atoms with E-state index < -0.39 is 0 Å². The lowest BCUT2D eigenvalue weighted by Crippen LogP contribution is -1.95. The first-order valence-electron chi connectivity index (χ1n) is 4.21. The molecule has 0 amide bonds. The first-order valence-corrected chi connectivity index (χ1v) is 4.21. The van der Waals surface area contributed by atoms with Crippen LogP contribution in [0.3, 0.4) is 0 Å². The zero-order chi connectivity index (χ0) is 8.55. The highest BCUT2D eigenvalue weighted by molar-refractivity contribution is 5.16. The van der Waals surface area contributed by atoms with Gasteiger partial charge in [0.25, 0.3) is 0 Å². The number of aliphatic hydroxyl groups is 1. The summed E-state index contributed by atoms with van der Waals surface area (Å²) in [4.78, 5) is 8.34. The highest BCUT2D eigenvalue weighted by atomic mass is 16.3. The number of aromatic nitrogens is 2. The summed E-state index contributed by atoms with van der Waals surface area (Å²) in [6.45, 7) is 2.17. The lowest BCUT2D eigenvalue weighted by molar-refractivity contribution is 0.273. The van der Waals surface area contributed by atoms with Crippen molar-refractivity contribution in [2.24, 2.45) is 5.92 Å². The van der Waals surface area contributed by atoms with E-state index in [1.807, 2.05) is 13.0 Å². The second kappa shape index (κ2) is 2.83. The molecule has 0 aliphatic heterocycles. The van der Waals surface area contributed by atoms with Crippen molar-refractivity contribution in [2.75, 3.05) is 6.61 Å². The van der Waals surface area contributed by atoms with Gasteiger partial charge < -0.3 is 5.11 Å². The SMILES string of the molecule is Cc1nccc(C2CC2CO)n1. The van der Waals surface area contributed by atoms with Crippen molar-refractivity contribution in [3.05, 3.63) is 23.8 Å². The van der Waals surface area contributed by atoms with Crippen molar-refractivity contribution in [3.63, 3.8) is 0 Å². The number of rotatable bonds is 2. The zero-order valence-corrected chi connectivity index (χ0v) is 7.07. The molecule has 3 heteroatoms. The van der Waals surface area contributed by atoms with Crippen LogP contribution in [0.1, 0.15) is 23.9 Å². The highest BCUT2D eigenvalue weighted by Gasteiger charge is 2.38. The summed E-state index contributed by atoms with van der Waals surface area (Å²) in [5.74, 6) is 1.74. The average molecular weight is 164 g/mol. The third kappa shape index (κ3) is 1.32. The minimum atomic E-state index is 0.285. The van der Waals surface area contributed by atoms with E-state index in [-0.39, 0.29) is 6.61 Å². The number of nitrogens with zero attached hydrogens (tertiary/aromatic N) is 2. The topological polar surface area (TPSA) is 46.0 Å². The Morgan fingerprint density at radius 1 is 1.67 bits per heavy atom. The number of aryl methyl sites for hydroxylation is 1. The first-order chi connectivity index (χ1) is 5.81. The Hall–Kier alpha value is -0.960. The third-order valence-corrected chi connectivity index (χ3v) is 2.33. The maximum Gasteiger partial charge on any atom is 0.125 e. The molecule has 2 atom stereocenters. The van der Waals surface area contributed by atoms with Gasteiger partial charge in [-0.2, -0.15) is 0 Å². The van der Waals surface area contributed by atoms with Gasteiger partial charge in [0, 0.05) is 24.4 Å². The Labute approximate surface area is 71.5 Å². The molecule has 1 heterocycles. The first kappa shape index (κ1) is 7.68. The van der Waals surface area contributed by atoms with Crippen LogP contribution in [0.15, 0.2) is 12.3 Å². The summed E-state index contributed by atoms with van der Waals surface area (Å²) >= 11 is 0. The van der Waals surface area contributed by atoms with Crippen LogP contribution in [-0.4, -0.2) is 21.7 Å².